The largest absolute Gasteiger partial charge is 0.372 e. The molecule has 0 saturated carbocycles. The average Bonchev–Trinajstić information content (AvgIpc) is 3.53. The molecule has 35 heavy (non-hydrogen) atoms. The van der Waals surface area contributed by atoms with Gasteiger partial charge in [-0.25, -0.2) is 14.4 Å². The number of carbonyl (C=O) groups is 1. The molecule has 0 unspecified atom stereocenters. The lowest BCUT2D eigenvalue weighted by atomic mass is 10.1. The van der Waals surface area contributed by atoms with Crippen LogP contribution in [0, 0.1) is 5.82 Å². The molecule has 1 aliphatic heterocycles. The number of anilines is 1. The van der Waals surface area contributed by atoms with Gasteiger partial charge >= 0.3 is 0 Å². The second kappa shape index (κ2) is 10.3. The molecule has 5 rings (SSSR count). The minimum Gasteiger partial charge on any atom is -0.372 e. The standard InChI is InChI=1S/C28H30FN5O/c1-20(22-8-12-24(13-9-22)33-17-2-3-18-33)31-27(35)15-14-26-32-25-5-4-16-30-28(25)34(26)19-21-6-10-23(29)11-7-21/h4-13,16,20H,2-3,14-15,17-19H2,1H3,(H,31,35)/t20-/m0/s1. The number of pyridine rings is 1. The van der Waals surface area contributed by atoms with Crippen LogP contribution in [-0.4, -0.2) is 33.5 Å². The first-order chi connectivity index (χ1) is 17.1. The molecule has 3 heterocycles. The van der Waals surface area contributed by atoms with E-state index in [1.807, 2.05) is 23.6 Å². The number of halogens is 1. The molecule has 4 aromatic rings. The van der Waals surface area contributed by atoms with E-state index in [2.05, 4.69) is 39.5 Å². The lowest BCUT2D eigenvalue weighted by Gasteiger charge is -2.19. The molecule has 1 atom stereocenters. The molecule has 1 N–H and O–H groups in total. The van der Waals surface area contributed by atoms with Crippen LogP contribution in [0.2, 0.25) is 0 Å². The van der Waals surface area contributed by atoms with Crippen LogP contribution in [0.1, 0.15) is 49.2 Å². The highest BCUT2D eigenvalue weighted by molar-refractivity contribution is 5.77. The fourth-order valence-electron chi connectivity index (χ4n) is 4.71. The van der Waals surface area contributed by atoms with Crippen LogP contribution in [0.15, 0.2) is 66.9 Å². The number of rotatable bonds is 8. The average molecular weight is 472 g/mol. The first-order valence-electron chi connectivity index (χ1n) is 12.3. The lowest BCUT2D eigenvalue weighted by Crippen LogP contribution is -2.27. The Morgan fingerprint density at radius 2 is 1.80 bits per heavy atom. The maximum atomic E-state index is 13.3. The monoisotopic (exact) mass is 471 g/mol. The minimum absolute atomic E-state index is 0.0190. The van der Waals surface area contributed by atoms with Crippen molar-refractivity contribution in [3.63, 3.8) is 0 Å². The van der Waals surface area contributed by atoms with Crippen LogP contribution in [-0.2, 0) is 17.8 Å². The van der Waals surface area contributed by atoms with E-state index in [4.69, 9.17) is 4.98 Å². The first-order valence-corrected chi connectivity index (χ1v) is 12.3. The zero-order valence-electron chi connectivity index (χ0n) is 20.0. The summed E-state index contributed by atoms with van der Waals surface area (Å²) in [6.45, 7) is 4.77. The number of fused-ring (bicyclic) bond motifs is 1. The van der Waals surface area contributed by atoms with Crippen LogP contribution in [0.3, 0.4) is 0 Å². The Kier molecular flexibility index (Phi) is 6.75. The van der Waals surface area contributed by atoms with Crippen LogP contribution >= 0.6 is 0 Å². The van der Waals surface area contributed by atoms with Gasteiger partial charge in [0.15, 0.2) is 5.65 Å². The molecule has 180 valence electrons. The summed E-state index contributed by atoms with van der Waals surface area (Å²) in [6, 6.07) is 18.6. The lowest BCUT2D eigenvalue weighted by molar-refractivity contribution is -0.121. The van der Waals surface area contributed by atoms with Crippen molar-refractivity contribution in [2.45, 2.75) is 45.2 Å². The summed E-state index contributed by atoms with van der Waals surface area (Å²) in [7, 11) is 0. The number of aryl methyl sites for hydroxylation is 1. The normalized spacial score (nSPS) is 14.4. The first kappa shape index (κ1) is 23.0. The van der Waals surface area contributed by atoms with Crippen molar-refractivity contribution in [3.8, 4) is 0 Å². The number of carbonyl (C=O) groups excluding carboxylic acids is 1. The van der Waals surface area contributed by atoms with Gasteiger partial charge in [-0.3, -0.25) is 4.79 Å². The summed E-state index contributed by atoms with van der Waals surface area (Å²) in [5.74, 6) is 0.509. The summed E-state index contributed by atoms with van der Waals surface area (Å²) in [5.41, 5.74) is 4.84. The minimum atomic E-state index is -0.265. The molecule has 0 bridgehead atoms. The molecular weight excluding hydrogens is 441 g/mol. The molecule has 0 aliphatic carbocycles. The van der Waals surface area contributed by atoms with Gasteiger partial charge in [0.1, 0.15) is 17.2 Å². The van der Waals surface area contributed by atoms with Crippen LogP contribution in [0.4, 0.5) is 10.1 Å². The maximum absolute atomic E-state index is 13.3. The molecule has 6 nitrogen and oxygen atoms in total. The Morgan fingerprint density at radius 1 is 1.06 bits per heavy atom. The van der Waals surface area contributed by atoms with Crippen molar-refractivity contribution in [2.75, 3.05) is 18.0 Å². The number of benzene rings is 2. The molecular formula is C28H30FN5O. The molecule has 1 aliphatic rings. The van der Waals surface area contributed by atoms with Gasteiger partial charge in [0.25, 0.3) is 0 Å². The quantitative estimate of drug-likeness (QED) is 0.392. The van der Waals surface area contributed by atoms with Crippen molar-refractivity contribution < 1.29 is 9.18 Å². The fourth-order valence-corrected chi connectivity index (χ4v) is 4.71. The third kappa shape index (κ3) is 5.34. The number of aromatic nitrogens is 3. The molecule has 0 radical (unpaired) electrons. The van der Waals surface area contributed by atoms with Crippen molar-refractivity contribution >= 4 is 22.8 Å². The van der Waals surface area contributed by atoms with Gasteiger partial charge in [-0.15, -0.1) is 0 Å². The number of hydrogen-bond donors (Lipinski definition) is 1. The Balaban J connectivity index is 1.24. The Bertz CT molecular complexity index is 1290. The highest BCUT2D eigenvalue weighted by atomic mass is 19.1. The van der Waals surface area contributed by atoms with Crippen LogP contribution < -0.4 is 10.2 Å². The van der Waals surface area contributed by atoms with Crippen LogP contribution in [0.5, 0.6) is 0 Å². The zero-order chi connectivity index (χ0) is 24.2. The van der Waals surface area contributed by atoms with Crippen molar-refractivity contribution in [2.24, 2.45) is 0 Å². The van der Waals surface area contributed by atoms with E-state index in [0.29, 0.717) is 19.4 Å². The number of nitrogens with one attached hydrogen (secondary N) is 1. The molecule has 1 amide bonds. The summed E-state index contributed by atoms with van der Waals surface area (Å²) >= 11 is 0. The predicted molar refractivity (Wildman–Crippen MR) is 136 cm³/mol. The van der Waals surface area contributed by atoms with Gasteiger partial charge < -0.3 is 14.8 Å². The summed E-state index contributed by atoms with van der Waals surface area (Å²) in [5, 5.41) is 3.12. The topological polar surface area (TPSA) is 63.1 Å². The molecule has 1 saturated heterocycles. The number of nitrogens with zero attached hydrogens (tertiary/aromatic N) is 4. The Morgan fingerprint density at radius 3 is 2.54 bits per heavy atom. The second-order valence-corrected chi connectivity index (χ2v) is 9.16. The van der Waals surface area contributed by atoms with E-state index in [9.17, 15) is 9.18 Å². The summed E-state index contributed by atoms with van der Waals surface area (Å²) < 4.78 is 15.4. The molecule has 2 aromatic carbocycles. The molecule has 7 heteroatoms. The molecule has 0 spiro atoms. The summed E-state index contributed by atoms with van der Waals surface area (Å²) in [6.07, 6.45) is 5.05. The predicted octanol–water partition coefficient (Wildman–Crippen LogP) is 5.03. The van der Waals surface area contributed by atoms with Gasteiger partial charge in [-0.1, -0.05) is 24.3 Å². The van der Waals surface area contributed by atoms with Gasteiger partial charge in [-0.05, 0) is 67.3 Å². The van der Waals surface area contributed by atoms with Crippen LogP contribution in [0.25, 0.3) is 11.2 Å². The van der Waals surface area contributed by atoms with Gasteiger partial charge in [0, 0.05) is 37.8 Å². The van der Waals surface area contributed by atoms with Crippen molar-refractivity contribution in [1.82, 2.24) is 19.9 Å². The highest BCUT2D eigenvalue weighted by Crippen LogP contribution is 2.23. The number of hydrogen-bond acceptors (Lipinski definition) is 4. The molecule has 2 aromatic heterocycles. The van der Waals surface area contributed by atoms with E-state index in [-0.39, 0.29) is 17.8 Å². The van der Waals surface area contributed by atoms with Crippen molar-refractivity contribution in [1.29, 1.82) is 0 Å². The Hall–Kier alpha value is -3.74. The summed E-state index contributed by atoms with van der Waals surface area (Å²) in [4.78, 5) is 24.4. The van der Waals surface area contributed by atoms with Crippen molar-refractivity contribution in [3.05, 3.63) is 89.6 Å². The smallest absolute Gasteiger partial charge is 0.220 e. The number of amides is 1. The Labute approximate surface area is 204 Å². The number of imidazole rings is 1. The fraction of sp³-hybridized carbons (Fsp3) is 0.321. The van der Waals surface area contributed by atoms with Gasteiger partial charge in [0.2, 0.25) is 5.91 Å². The molecule has 1 fully saturated rings. The third-order valence-corrected chi connectivity index (χ3v) is 6.65. The van der Waals surface area contributed by atoms with Gasteiger partial charge in [-0.2, -0.15) is 0 Å². The zero-order valence-corrected chi connectivity index (χ0v) is 20.0. The van der Waals surface area contributed by atoms with E-state index < -0.39 is 0 Å². The highest BCUT2D eigenvalue weighted by Gasteiger charge is 2.16. The maximum Gasteiger partial charge on any atom is 0.220 e. The third-order valence-electron chi connectivity index (χ3n) is 6.65. The SMILES string of the molecule is C[C@H](NC(=O)CCc1nc2cccnc2n1Cc1ccc(F)cc1)c1ccc(N2CCCC2)cc1. The van der Waals surface area contributed by atoms with Gasteiger partial charge in [0.05, 0.1) is 12.6 Å². The van der Waals surface area contributed by atoms with E-state index in [1.54, 1.807) is 18.3 Å². The van der Waals surface area contributed by atoms with E-state index in [1.165, 1.54) is 30.7 Å². The van der Waals surface area contributed by atoms with E-state index in [0.717, 1.165) is 41.2 Å². The van der Waals surface area contributed by atoms with E-state index >= 15 is 0 Å². The second-order valence-electron chi connectivity index (χ2n) is 9.16.